The van der Waals surface area contributed by atoms with Crippen LogP contribution in [0, 0.1) is 0 Å². The van der Waals surface area contributed by atoms with Crippen LogP contribution in [0.2, 0.25) is 10.0 Å². The molecule has 1 aromatic carbocycles. The quantitative estimate of drug-likeness (QED) is 0.910. The number of para-hydroxylation sites is 1. The fraction of sp³-hybridized carbons (Fsp3) is 0.455. The molecule has 3 unspecified atom stereocenters. The van der Waals surface area contributed by atoms with Gasteiger partial charge in [-0.05, 0) is 12.1 Å². The molecule has 5 heteroatoms. The summed E-state index contributed by atoms with van der Waals surface area (Å²) in [4.78, 5) is 0. The summed E-state index contributed by atoms with van der Waals surface area (Å²) in [5.41, 5.74) is 0. The van der Waals surface area contributed by atoms with E-state index >= 15 is 0 Å². The van der Waals surface area contributed by atoms with Crippen LogP contribution in [0.5, 0.6) is 5.75 Å². The molecule has 0 amide bonds. The molecule has 0 bridgehead atoms. The Hall–Kier alpha value is -0.480. The molecule has 0 heterocycles. The lowest BCUT2D eigenvalue weighted by Gasteiger charge is -2.40. The Bertz CT molecular complexity index is 363. The third-order valence-electron chi connectivity index (χ3n) is 2.68. The van der Waals surface area contributed by atoms with Gasteiger partial charge in [-0.3, -0.25) is 0 Å². The zero-order valence-electron chi connectivity index (χ0n) is 8.69. The van der Waals surface area contributed by atoms with Crippen molar-refractivity contribution in [2.24, 2.45) is 0 Å². The second kappa shape index (κ2) is 4.80. The molecule has 2 rings (SSSR count). The number of aliphatic hydroxyl groups is 1. The molecule has 0 spiro atoms. The van der Waals surface area contributed by atoms with Gasteiger partial charge in [-0.1, -0.05) is 29.3 Å². The van der Waals surface area contributed by atoms with Crippen molar-refractivity contribution in [1.29, 1.82) is 0 Å². The van der Waals surface area contributed by atoms with E-state index in [1.54, 1.807) is 18.2 Å². The van der Waals surface area contributed by atoms with Crippen LogP contribution in [0.4, 0.5) is 0 Å². The molecule has 0 aromatic heterocycles. The third-order valence-corrected chi connectivity index (χ3v) is 3.28. The summed E-state index contributed by atoms with van der Waals surface area (Å²) in [5.74, 6) is 0.449. The largest absolute Gasteiger partial charge is 0.484 e. The van der Waals surface area contributed by atoms with E-state index in [4.69, 9.17) is 32.7 Å². The zero-order valence-corrected chi connectivity index (χ0v) is 10.2. The summed E-state index contributed by atoms with van der Waals surface area (Å²) >= 11 is 11.9. The minimum absolute atomic E-state index is 0.197. The standard InChI is InChI=1S/C11H12Cl2O3/c1-15-11-8(14)5-9(11)16-10-6(12)3-2-4-7(10)13/h2-4,8-9,11,14H,5H2,1H3. The van der Waals surface area contributed by atoms with E-state index in [0.29, 0.717) is 22.2 Å². The average molecular weight is 263 g/mol. The van der Waals surface area contributed by atoms with Gasteiger partial charge in [0.25, 0.3) is 0 Å². The van der Waals surface area contributed by atoms with Crippen LogP contribution in [0.25, 0.3) is 0 Å². The molecule has 16 heavy (non-hydrogen) atoms. The maximum atomic E-state index is 9.42. The minimum Gasteiger partial charge on any atom is -0.484 e. The van der Waals surface area contributed by atoms with Crippen LogP contribution >= 0.6 is 23.2 Å². The number of halogens is 2. The van der Waals surface area contributed by atoms with Gasteiger partial charge < -0.3 is 14.6 Å². The second-order valence-electron chi connectivity index (χ2n) is 3.71. The molecule has 88 valence electrons. The van der Waals surface area contributed by atoms with Crippen molar-refractivity contribution in [3.8, 4) is 5.75 Å². The Morgan fingerprint density at radius 1 is 1.31 bits per heavy atom. The molecule has 0 radical (unpaired) electrons. The summed E-state index contributed by atoms with van der Waals surface area (Å²) in [6.07, 6.45) is -0.457. The molecule has 3 nitrogen and oxygen atoms in total. The van der Waals surface area contributed by atoms with Gasteiger partial charge in [0.1, 0.15) is 12.2 Å². The van der Waals surface area contributed by atoms with Crippen molar-refractivity contribution in [2.75, 3.05) is 7.11 Å². The summed E-state index contributed by atoms with van der Waals surface area (Å²) in [7, 11) is 1.54. The van der Waals surface area contributed by atoms with E-state index in [1.807, 2.05) is 0 Å². The van der Waals surface area contributed by atoms with Gasteiger partial charge in [-0.25, -0.2) is 0 Å². The molecule has 1 N–H and O–H groups in total. The van der Waals surface area contributed by atoms with Gasteiger partial charge in [-0.15, -0.1) is 0 Å². The van der Waals surface area contributed by atoms with Crippen molar-refractivity contribution in [1.82, 2.24) is 0 Å². The number of ether oxygens (including phenoxy) is 2. The molecular weight excluding hydrogens is 251 g/mol. The smallest absolute Gasteiger partial charge is 0.157 e. The first-order chi connectivity index (χ1) is 7.63. The van der Waals surface area contributed by atoms with Gasteiger partial charge in [0.2, 0.25) is 0 Å². The van der Waals surface area contributed by atoms with Gasteiger partial charge in [0, 0.05) is 13.5 Å². The topological polar surface area (TPSA) is 38.7 Å². The van der Waals surface area contributed by atoms with E-state index in [9.17, 15) is 5.11 Å². The highest BCUT2D eigenvalue weighted by Crippen LogP contribution is 2.37. The first kappa shape index (κ1) is 12.0. The van der Waals surface area contributed by atoms with Crippen LogP contribution in [-0.2, 0) is 4.74 Å². The number of methoxy groups -OCH3 is 1. The van der Waals surface area contributed by atoms with Crippen LogP contribution in [0.15, 0.2) is 18.2 Å². The first-order valence-electron chi connectivity index (χ1n) is 4.95. The summed E-state index contributed by atoms with van der Waals surface area (Å²) in [5, 5.41) is 10.3. The van der Waals surface area contributed by atoms with Gasteiger partial charge >= 0.3 is 0 Å². The van der Waals surface area contributed by atoms with Crippen LogP contribution in [0.3, 0.4) is 0 Å². The maximum absolute atomic E-state index is 9.42. The SMILES string of the molecule is COC1C(O)CC1Oc1c(Cl)cccc1Cl. The minimum atomic E-state index is -0.476. The lowest BCUT2D eigenvalue weighted by Crippen LogP contribution is -2.54. The van der Waals surface area contributed by atoms with Gasteiger partial charge in [0.05, 0.1) is 16.1 Å². The first-order valence-corrected chi connectivity index (χ1v) is 5.70. The molecule has 1 aliphatic carbocycles. The van der Waals surface area contributed by atoms with E-state index in [2.05, 4.69) is 0 Å². The maximum Gasteiger partial charge on any atom is 0.157 e. The van der Waals surface area contributed by atoms with Crippen LogP contribution in [0.1, 0.15) is 6.42 Å². The van der Waals surface area contributed by atoms with Crippen molar-refractivity contribution >= 4 is 23.2 Å². The Morgan fingerprint density at radius 3 is 2.44 bits per heavy atom. The highest BCUT2D eigenvalue weighted by Gasteiger charge is 2.42. The molecule has 1 saturated carbocycles. The van der Waals surface area contributed by atoms with E-state index in [-0.39, 0.29) is 12.2 Å². The molecular formula is C11H12Cl2O3. The van der Waals surface area contributed by atoms with Crippen LogP contribution < -0.4 is 4.74 Å². The fourth-order valence-corrected chi connectivity index (χ4v) is 2.22. The molecule has 1 aliphatic rings. The normalized spacial score (nSPS) is 28.6. The third kappa shape index (κ3) is 2.13. The molecule has 0 aliphatic heterocycles. The Kier molecular flexibility index (Phi) is 3.60. The van der Waals surface area contributed by atoms with E-state index in [1.165, 1.54) is 7.11 Å². The van der Waals surface area contributed by atoms with Crippen molar-refractivity contribution < 1.29 is 14.6 Å². The lowest BCUT2D eigenvalue weighted by molar-refractivity contribution is -0.149. The monoisotopic (exact) mass is 262 g/mol. The Morgan fingerprint density at radius 2 is 1.94 bits per heavy atom. The number of rotatable bonds is 3. The summed E-state index contributed by atoms with van der Waals surface area (Å²) in [6.45, 7) is 0. The number of aliphatic hydroxyl groups excluding tert-OH is 1. The van der Waals surface area contributed by atoms with Crippen LogP contribution in [-0.4, -0.2) is 30.5 Å². The van der Waals surface area contributed by atoms with Crippen molar-refractivity contribution in [3.05, 3.63) is 28.2 Å². The predicted molar refractivity (Wildman–Crippen MR) is 62.3 cm³/mol. The lowest BCUT2D eigenvalue weighted by atomic mass is 9.88. The number of benzene rings is 1. The summed E-state index contributed by atoms with van der Waals surface area (Å²) < 4.78 is 10.7. The van der Waals surface area contributed by atoms with Crippen molar-refractivity contribution in [2.45, 2.75) is 24.7 Å². The highest BCUT2D eigenvalue weighted by atomic mass is 35.5. The Balaban J connectivity index is 2.10. The average Bonchev–Trinajstić information content (AvgIpc) is 2.22. The Labute approximate surface area is 104 Å². The molecule has 1 aromatic rings. The van der Waals surface area contributed by atoms with E-state index < -0.39 is 6.10 Å². The summed E-state index contributed by atoms with van der Waals surface area (Å²) in [6, 6.07) is 5.17. The van der Waals surface area contributed by atoms with E-state index in [0.717, 1.165) is 0 Å². The van der Waals surface area contributed by atoms with Gasteiger partial charge in [0.15, 0.2) is 5.75 Å². The number of hydrogen-bond acceptors (Lipinski definition) is 3. The highest BCUT2D eigenvalue weighted by molar-refractivity contribution is 6.37. The van der Waals surface area contributed by atoms with Gasteiger partial charge in [-0.2, -0.15) is 0 Å². The van der Waals surface area contributed by atoms with Crippen molar-refractivity contribution in [3.63, 3.8) is 0 Å². The molecule has 0 saturated heterocycles. The molecule has 1 fully saturated rings. The fourth-order valence-electron chi connectivity index (χ4n) is 1.73. The molecule has 3 atom stereocenters. The predicted octanol–water partition coefficient (Wildman–Crippen LogP) is 2.52. The second-order valence-corrected chi connectivity index (χ2v) is 4.52. The zero-order chi connectivity index (χ0) is 11.7. The number of hydrogen-bond donors (Lipinski definition) is 1.